The minimum atomic E-state index is -0.155. The van der Waals surface area contributed by atoms with Crippen LogP contribution in [0.5, 0.6) is 5.75 Å². The number of thioether (sulfide) groups is 1. The zero-order valence-corrected chi connectivity index (χ0v) is 15.8. The zero-order chi connectivity index (χ0) is 18.5. The maximum absolute atomic E-state index is 12.1. The Hall–Kier alpha value is -2.51. The van der Waals surface area contributed by atoms with Crippen molar-refractivity contribution < 1.29 is 9.53 Å². The van der Waals surface area contributed by atoms with Gasteiger partial charge in [-0.2, -0.15) is 0 Å². The Morgan fingerprint density at radius 3 is 2.62 bits per heavy atom. The van der Waals surface area contributed by atoms with Gasteiger partial charge in [0.05, 0.1) is 23.6 Å². The first-order chi connectivity index (χ1) is 12.6. The van der Waals surface area contributed by atoms with Gasteiger partial charge in [0.25, 0.3) is 0 Å². The fourth-order valence-electron chi connectivity index (χ4n) is 2.31. The van der Waals surface area contributed by atoms with Crippen molar-refractivity contribution in [2.24, 2.45) is 7.05 Å². The first-order valence-electron chi connectivity index (χ1n) is 7.79. The largest absolute Gasteiger partial charge is 0.497 e. The molecule has 3 rings (SSSR count). The molecule has 6 nitrogen and oxygen atoms in total. The van der Waals surface area contributed by atoms with Crippen LogP contribution in [-0.4, -0.2) is 33.5 Å². The van der Waals surface area contributed by atoms with Crippen LogP contribution in [-0.2, 0) is 11.8 Å². The number of halogens is 1. The lowest BCUT2D eigenvalue weighted by molar-refractivity contribution is -0.113. The Kier molecular flexibility index (Phi) is 5.80. The van der Waals surface area contributed by atoms with E-state index in [2.05, 4.69) is 15.5 Å². The molecule has 1 heterocycles. The predicted octanol–water partition coefficient (Wildman–Crippen LogP) is 3.87. The lowest BCUT2D eigenvalue weighted by Gasteiger charge is -2.07. The van der Waals surface area contributed by atoms with Crippen molar-refractivity contribution in [1.82, 2.24) is 14.8 Å². The van der Waals surface area contributed by atoms with E-state index >= 15 is 0 Å². The third-order valence-corrected chi connectivity index (χ3v) is 5.01. The second kappa shape index (κ2) is 8.25. The van der Waals surface area contributed by atoms with Gasteiger partial charge < -0.3 is 14.6 Å². The van der Waals surface area contributed by atoms with Crippen LogP contribution in [0, 0.1) is 0 Å². The summed E-state index contributed by atoms with van der Waals surface area (Å²) in [6, 6.07) is 14.7. The lowest BCUT2D eigenvalue weighted by Crippen LogP contribution is -2.14. The Bertz CT molecular complexity index is 912. The summed E-state index contributed by atoms with van der Waals surface area (Å²) >= 11 is 7.36. The molecule has 0 atom stereocenters. The summed E-state index contributed by atoms with van der Waals surface area (Å²) in [4.78, 5) is 12.1. The number of anilines is 1. The van der Waals surface area contributed by atoms with Gasteiger partial charge in [0.15, 0.2) is 11.0 Å². The highest BCUT2D eigenvalue weighted by Crippen LogP contribution is 2.25. The maximum atomic E-state index is 12.1. The van der Waals surface area contributed by atoms with E-state index in [9.17, 15) is 4.79 Å². The minimum Gasteiger partial charge on any atom is -0.497 e. The van der Waals surface area contributed by atoms with Gasteiger partial charge in [-0.1, -0.05) is 35.5 Å². The van der Waals surface area contributed by atoms with Crippen molar-refractivity contribution in [3.8, 4) is 17.1 Å². The summed E-state index contributed by atoms with van der Waals surface area (Å²) in [7, 11) is 3.49. The van der Waals surface area contributed by atoms with Gasteiger partial charge in [-0.25, -0.2) is 0 Å². The van der Waals surface area contributed by atoms with Crippen molar-refractivity contribution in [1.29, 1.82) is 0 Å². The third kappa shape index (κ3) is 4.17. The van der Waals surface area contributed by atoms with E-state index < -0.39 is 0 Å². The second-order valence-electron chi connectivity index (χ2n) is 5.41. The monoisotopic (exact) mass is 388 g/mol. The lowest BCUT2D eigenvalue weighted by atomic mass is 10.2. The van der Waals surface area contributed by atoms with Crippen molar-refractivity contribution in [2.75, 3.05) is 18.2 Å². The van der Waals surface area contributed by atoms with E-state index in [4.69, 9.17) is 16.3 Å². The Morgan fingerprint density at radius 1 is 1.19 bits per heavy atom. The molecule has 3 aromatic rings. The zero-order valence-electron chi connectivity index (χ0n) is 14.3. The number of ether oxygens (including phenoxy) is 1. The van der Waals surface area contributed by atoms with Crippen LogP contribution in [0.1, 0.15) is 0 Å². The molecule has 0 aliphatic heterocycles. The molecule has 26 heavy (non-hydrogen) atoms. The normalized spacial score (nSPS) is 10.6. The Morgan fingerprint density at radius 2 is 1.92 bits per heavy atom. The van der Waals surface area contributed by atoms with Crippen molar-refractivity contribution in [2.45, 2.75) is 5.16 Å². The predicted molar refractivity (Wildman–Crippen MR) is 104 cm³/mol. The molecule has 0 unspecified atom stereocenters. The minimum absolute atomic E-state index is 0.155. The van der Waals surface area contributed by atoms with Crippen LogP contribution in [0.4, 0.5) is 5.69 Å². The van der Waals surface area contributed by atoms with Crippen LogP contribution in [0.15, 0.2) is 53.7 Å². The van der Waals surface area contributed by atoms with Crippen LogP contribution >= 0.6 is 23.4 Å². The Labute approximate surface area is 160 Å². The average Bonchev–Trinajstić information content (AvgIpc) is 3.02. The topological polar surface area (TPSA) is 69.0 Å². The summed E-state index contributed by atoms with van der Waals surface area (Å²) in [6.07, 6.45) is 0. The molecule has 0 saturated heterocycles. The molecule has 0 spiro atoms. The number of nitrogens with one attached hydrogen (secondary N) is 1. The molecule has 0 aliphatic carbocycles. The van der Waals surface area contributed by atoms with Crippen LogP contribution < -0.4 is 10.1 Å². The summed E-state index contributed by atoms with van der Waals surface area (Å²) in [6.45, 7) is 0. The summed E-state index contributed by atoms with van der Waals surface area (Å²) in [5, 5.41) is 12.3. The number of aromatic nitrogens is 3. The van der Waals surface area contributed by atoms with Crippen molar-refractivity contribution in [3.63, 3.8) is 0 Å². The summed E-state index contributed by atoms with van der Waals surface area (Å²) in [5.41, 5.74) is 1.52. The number of carbonyl (C=O) groups excluding carboxylic acids is 1. The molecule has 8 heteroatoms. The van der Waals surface area contributed by atoms with Crippen LogP contribution in [0.3, 0.4) is 0 Å². The fourth-order valence-corrected chi connectivity index (χ4v) is 3.21. The van der Waals surface area contributed by atoms with Crippen molar-refractivity contribution >= 4 is 35.0 Å². The van der Waals surface area contributed by atoms with Crippen LogP contribution in [0.25, 0.3) is 11.4 Å². The van der Waals surface area contributed by atoms with E-state index in [1.54, 1.807) is 19.2 Å². The van der Waals surface area contributed by atoms with E-state index in [1.807, 2.05) is 48.0 Å². The van der Waals surface area contributed by atoms with Gasteiger partial charge in [-0.15, -0.1) is 10.2 Å². The van der Waals surface area contributed by atoms with E-state index in [0.717, 1.165) is 17.1 Å². The number of methoxy groups -OCH3 is 1. The number of para-hydroxylation sites is 1. The fraction of sp³-hybridized carbons (Fsp3) is 0.167. The molecular formula is C18H17ClN4O2S. The van der Waals surface area contributed by atoms with E-state index in [-0.39, 0.29) is 11.7 Å². The molecule has 134 valence electrons. The second-order valence-corrected chi connectivity index (χ2v) is 6.76. The molecule has 0 radical (unpaired) electrons. The number of nitrogens with zero attached hydrogens (tertiary/aromatic N) is 3. The highest BCUT2D eigenvalue weighted by molar-refractivity contribution is 7.99. The smallest absolute Gasteiger partial charge is 0.234 e. The molecule has 1 N–H and O–H groups in total. The number of amides is 1. The van der Waals surface area contributed by atoms with Gasteiger partial charge in [0, 0.05) is 12.6 Å². The van der Waals surface area contributed by atoms with Gasteiger partial charge in [-0.05, 0) is 36.4 Å². The number of carbonyl (C=O) groups is 1. The van der Waals surface area contributed by atoms with E-state index in [0.29, 0.717) is 15.9 Å². The van der Waals surface area contributed by atoms with Gasteiger partial charge in [-0.3, -0.25) is 4.79 Å². The van der Waals surface area contributed by atoms with Gasteiger partial charge in [0.1, 0.15) is 5.75 Å². The standard InChI is InChI=1S/C18H17ClN4O2S/c1-23-17(12-7-9-13(25-2)10-8-12)21-22-18(23)26-11-16(24)20-15-6-4-3-5-14(15)19/h3-10H,11H2,1-2H3,(H,20,24). The van der Waals surface area contributed by atoms with E-state index in [1.165, 1.54) is 11.8 Å². The molecule has 1 amide bonds. The number of benzene rings is 2. The summed E-state index contributed by atoms with van der Waals surface area (Å²) < 4.78 is 7.02. The summed E-state index contributed by atoms with van der Waals surface area (Å²) in [5.74, 6) is 1.56. The SMILES string of the molecule is COc1ccc(-c2nnc(SCC(=O)Nc3ccccc3Cl)n2C)cc1. The molecule has 0 bridgehead atoms. The first kappa shape index (κ1) is 18.3. The van der Waals surface area contributed by atoms with Crippen molar-refractivity contribution in [3.05, 3.63) is 53.6 Å². The highest BCUT2D eigenvalue weighted by Gasteiger charge is 2.13. The molecule has 1 aromatic heterocycles. The molecule has 0 saturated carbocycles. The van der Waals surface area contributed by atoms with Gasteiger partial charge in [0.2, 0.25) is 5.91 Å². The van der Waals surface area contributed by atoms with Crippen LogP contribution in [0.2, 0.25) is 5.02 Å². The molecule has 2 aromatic carbocycles. The Balaban J connectivity index is 1.64. The first-order valence-corrected chi connectivity index (χ1v) is 9.16. The maximum Gasteiger partial charge on any atom is 0.234 e. The number of hydrogen-bond donors (Lipinski definition) is 1. The number of rotatable bonds is 6. The highest BCUT2D eigenvalue weighted by atomic mass is 35.5. The molecule has 0 aliphatic rings. The quantitative estimate of drug-likeness (QED) is 0.649. The number of hydrogen-bond acceptors (Lipinski definition) is 5. The molecular weight excluding hydrogens is 372 g/mol. The average molecular weight is 389 g/mol. The molecule has 0 fully saturated rings. The third-order valence-electron chi connectivity index (χ3n) is 3.66. The van der Waals surface area contributed by atoms with Gasteiger partial charge >= 0.3 is 0 Å².